The fourth-order valence-electron chi connectivity index (χ4n) is 3.92. The molecule has 0 spiro atoms. The number of nitrogens with one attached hydrogen (secondary N) is 2. The Balaban J connectivity index is 1.59. The van der Waals surface area contributed by atoms with E-state index in [9.17, 15) is 14.0 Å². The summed E-state index contributed by atoms with van der Waals surface area (Å²) >= 11 is 0. The number of carbonyl (C=O) groups is 2. The van der Waals surface area contributed by atoms with Gasteiger partial charge >= 0.3 is 0 Å². The van der Waals surface area contributed by atoms with Crippen molar-refractivity contribution in [3.8, 4) is 0 Å². The lowest BCUT2D eigenvalue weighted by Gasteiger charge is -2.22. The van der Waals surface area contributed by atoms with Gasteiger partial charge in [0.1, 0.15) is 5.82 Å². The maximum Gasteiger partial charge on any atom is 0.223 e. The molecule has 1 aliphatic carbocycles. The van der Waals surface area contributed by atoms with E-state index < -0.39 is 0 Å². The van der Waals surface area contributed by atoms with E-state index in [0.29, 0.717) is 6.42 Å². The van der Waals surface area contributed by atoms with Crippen molar-refractivity contribution in [1.82, 2.24) is 10.6 Å². The van der Waals surface area contributed by atoms with Crippen LogP contribution in [0.5, 0.6) is 0 Å². The highest BCUT2D eigenvalue weighted by Gasteiger charge is 2.24. The molecule has 3 rings (SSSR count). The fourth-order valence-corrected chi connectivity index (χ4v) is 3.92. The predicted molar refractivity (Wildman–Crippen MR) is 112 cm³/mol. The van der Waals surface area contributed by atoms with Gasteiger partial charge in [-0.25, -0.2) is 4.39 Å². The molecule has 1 saturated carbocycles. The van der Waals surface area contributed by atoms with Crippen LogP contribution in [0.1, 0.15) is 56.2 Å². The SMILES string of the molecule is CC(CC(=O)NC(Cc1ccc(F)cc1)c1ccccc1)NC(=O)C1CCCC1. The molecule has 2 aromatic carbocycles. The summed E-state index contributed by atoms with van der Waals surface area (Å²) in [5, 5.41) is 6.07. The second-order valence-electron chi connectivity index (χ2n) is 7.96. The van der Waals surface area contributed by atoms with E-state index in [0.717, 1.165) is 36.8 Å². The third-order valence-corrected chi connectivity index (χ3v) is 5.50. The quantitative estimate of drug-likeness (QED) is 0.699. The van der Waals surface area contributed by atoms with Crippen LogP contribution in [-0.4, -0.2) is 17.9 Å². The Hall–Kier alpha value is -2.69. The van der Waals surface area contributed by atoms with Crippen LogP contribution in [0, 0.1) is 11.7 Å². The highest BCUT2D eigenvalue weighted by molar-refractivity contribution is 5.81. The summed E-state index contributed by atoms with van der Waals surface area (Å²) in [6.45, 7) is 1.87. The Kier molecular flexibility index (Phi) is 7.39. The van der Waals surface area contributed by atoms with Crippen LogP contribution in [0.3, 0.4) is 0 Å². The zero-order valence-electron chi connectivity index (χ0n) is 16.9. The van der Waals surface area contributed by atoms with Crippen LogP contribution in [0.4, 0.5) is 4.39 Å². The van der Waals surface area contributed by atoms with Crippen molar-refractivity contribution in [3.05, 3.63) is 71.5 Å². The molecule has 0 radical (unpaired) electrons. The van der Waals surface area contributed by atoms with Crippen molar-refractivity contribution in [2.75, 3.05) is 0 Å². The monoisotopic (exact) mass is 396 g/mol. The molecule has 0 saturated heterocycles. The highest BCUT2D eigenvalue weighted by Crippen LogP contribution is 2.25. The fraction of sp³-hybridized carbons (Fsp3) is 0.417. The first-order valence-corrected chi connectivity index (χ1v) is 10.4. The number of halogens is 1. The lowest BCUT2D eigenvalue weighted by atomic mass is 9.98. The van der Waals surface area contributed by atoms with Crippen molar-refractivity contribution in [2.45, 2.75) is 57.5 Å². The predicted octanol–water partition coefficient (Wildman–Crippen LogP) is 4.31. The van der Waals surface area contributed by atoms with Crippen LogP contribution < -0.4 is 10.6 Å². The van der Waals surface area contributed by atoms with Gasteiger partial charge in [0.2, 0.25) is 11.8 Å². The largest absolute Gasteiger partial charge is 0.353 e. The maximum atomic E-state index is 13.2. The van der Waals surface area contributed by atoms with Gasteiger partial charge in [0.05, 0.1) is 6.04 Å². The highest BCUT2D eigenvalue weighted by atomic mass is 19.1. The van der Waals surface area contributed by atoms with E-state index in [2.05, 4.69) is 10.6 Å². The Morgan fingerprint density at radius 3 is 2.31 bits per heavy atom. The van der Waals surface area contributed by atoms with Crippen LogP contribution in [0.2, 0.25) is 0 Å². The molecule has 2 aromatic rings. The first-order chi connectivity index (χ1) is 14.0. The van der Waals surface area contributed by atoms with Crippen LogP contribution >= 0.6 is 0 Å². The van der Waals surface area contributed by atoms with Gasteiger partial charge in [-0.1, -0.05) is 55.3 Å². The summed E-state index contributed by atoms with van der Waals surface area (Å²) in [6.07, 6.45) is 4.89. The summed E-state index contributed by atoms with van der Waals surface area (Å²) in [5.41, 5.74) is 1.94. The van der Waals surface area contributed by atoms with Gasteiger partial charge < -0.3 is 10.6 Å². The number of rotatable bonds is 8. The molecule has 154 valence electrons. The Labute approximate surface area is 171 Å². The standard InChI is InChI=1S/C24H29FN2O2/c1-17(26-24(29)20-9-5-6-10-20)15-23(28)27-22(19-7-3-2-4-8-19)16-18-11-13-21(25)14-12-18/h2-4,7-8,11-14,17,20,22H,5-6,9-10,15-16H2,1H3,(H,26,29)(H,27,28). The molecule has 4 nitrogen and oxygen atoms in total. The lowest BCUT2D eigenvalue weighted by Crippen LogP contribution is -2.40. The smallest absolute Gasteiger partial charge is 0.223 e. The van der Waals surface area contributed by atoms with Crippen molar-refractivity contribution >= 4 is 11.8 Å². The molecular formula is C24H29FN2O2. The number of hydrogen-bond donors (Lipinski definition) is 2. The van der Waals surface area contributed by atoms with Gasteiger partial charge in [-0.3, -0.25) is 9.59 Å². The van der Waals surface area contributed by atoms with Crippen molar-refractivity contribution in [1.29, 1.82) is 0 Å². The number of carbonyl (C=O) groups excluding carboxylic acids is 2. The zero-order valence-corrected chi connectivity index (χ0v) is 16.9. The average Bonchev–Trinajstić information content (AvgIpc) is 3.25. The van der Waals surface area contributed by atoms with E-state index in [1.807, 2.05) is 37.3 Å². The second-order valence-corrected chi connectivity index (χ2v) is 7.96. The molecule has 1 fully saturated rings. The minimum atomic E-state index is -0.277. The normalized spacial score (nSPS) is 16.2. The molecule has 0 heterocycles. The molecule has 0 aliphatic heterocycles. The van der Waals surface area contributed by atoms with Gasteiger partial charge in [0.15, 0.2) is 0 Å². The molecule has 29 heavy (non-hydrogen) atoms. The van der Waals surface area contributed by atoms with E-state index in [-0.39, 0.29) is 42.1 Å². The molecule has 1 aliphatic rings. The van der Waals surface area contributed by atoms with Crippen molar-refractivity contribution < 1.29 is 14.0 Å². The number of benzene rings is 2. The van der Waals surface area contributed by atoms with E-state index in [1.54, 1.807) is 12.1 Å². The van der Waals surface area contributed by atoms with E-state index in [1.165, 1.54) is 12.1 Å². The van der Waals surface area contributed by atoms with Crippen LogP contribution in [0.25, 0.3) is 0 Å². The second kappa shape index (κ2) is 10.2. The van der Waals surface area contributed by atoms with Gasteiger partial charge in [-0.15, -0.1) is 0 Å². The van der Waals surface area contributed by atoms with Crippen LogP contribution in [0.15, 0.2) is 54.6 Å². The number of amides is 2. The average molecular weight is 397 g/mol. The van der Waals surface area contributed by atoms with Gasteiger partial charge in [0.25, 0.3) is 0 Å². The zero-order chi connectivity index (χ0) is 20.6. The van der Waals surface area contributed by atoms with Crippen molar-refractivity contribution in [3.63, 3.8) is 0 Å². The topological polar surface area (TPSA) is 58.2 Å². The number of hydrogen-bond acceptors (Lipinski definition) is 2. The maximum absolute atomic E-state index is 13.2. The van der Waals surface area contributed by atoms with E-state index in [4.69, 9.17) is 0 Å². The summed E-state index contributed by atoms with van der Waals surface area (Å²) in [5.74, 6) is -0.231. The molecule has 0 bridgehead atoms. The third kappa shape index (κ3) is 6.41. The molecule has 2 N–H and O–H groups in total. The van der Waals surface area contributed by atoms with Gasteiger partial charge in [0, 0.05) is 18.4 Å². The Bertz CT molecular complexity index is 801. The first-order valence-electron chi connectivity index (χ1n) is 10.4. The van der Waals surface area contributed by atoms with Gasteiger partial charge in [-0.2, -0.15) is 0 Å². The summed E-state index contributed by atoms with van der Waals surface area (Å²) in [7, 11) is 0. The van der Waals surface area contributed by atoms with E-state index >= 15 is 0 Å². The molecule has 2 atom stereocenters. The lowest BCUT2D eigenvalue weighted by molar-refractivity contribution is -0.126. The van der Waals surface area contributed by atoms with Crippen molar-refractivity contribution in [2.24, 2.45) is 5.92 Å². The summed E-state index contributed by atoms with van der Waals surface area (Å²) in [4.78, 5) is 24.9. The molecule has 2 amide bonds. The molecule has 2 unspecified atom stereocenters. The minimum Gasteiger partial charge on any atom is -0.353 e. The Morgan fingerprint density at radius 2 is 1.66 bits per heavy atom. The summed E-state index contributed by atoms with van der Waals surface area (Å²) in [6, 6.07) is 15.6. The van der Waals surface area contributed by atoms with Crippen LogP contribution in [-0.2, 0) is 16.0 Å². The first kappa shape index (κ1) is 21.0. The minimum absolute atomic E-state index is 0.0636. The molecule has 0 aromatic heterocycles. The van der Waals surface area contributed by atoms with Gasteiger partial charge in [-0.05, 0) is 49.4 Å². The molecule has 5 heteroatoms. The third-order valence-electron chi connectivity index (χ3n) is 5.50. The Morgan fingerprint density at radius 1 is 1.00 bits per heavy atom. The molecular weight excluding hydrogens is 367 g/mol. The summed E-state index contributed by atoms with van der Waals surface area (Å²) < 4.78 is 13.2.